The van der Waals surface area contributed by atoms with Gasteiger partial charge in [0.25, 0.3) is 5.92 Å². The van der Waals surface area contributed by atoms with Crippen molar-refractivity contribution in [3.8, 4) is 0 Å². The zero-order valence-corrected chi connectivity index (χ0v) is 6.16. The van der Waals surface area contributed by atoms with Crippen LogP contribution in [0.1, 0.15) is 19.3 Å². The van der Waals surface area contributed by atoms with E-state index in [9.17, 15) is 8.78 Å². The van der Waals surface area contributed by atoms with E-state index >= 15 is 0 Å². The van der Waals surface area contributed by atoms with Crippen LogP contribution in [0.3, 0.4) is 0 Å². The van der Waals surface area contributed by atoms with Gasteiger partial charge in [-0.2, -0.15) is 0 Å². The zero-order chi connectivity index (χ0) is 7.61. The molecular formula is C7H13F2N. The summed E-state index contributed by atoms with van der Waals surface area (Å²) in [6.07, 6.45) is 2.08. The Balaban J connectivity index is 2.19. The molecule has 1 nitrogen and oxygen atoms in total. The SMILES string of the molecule is CNCC(F)(F)CC1CC1. The van der Waals surface area contributed by atoms with Crippen LogP contribution in [-0.2, 0) is 0 Å². The van der Waals surface area contributed by atoms with Gasteiger partial charge < -0.3 is 5.32 Å². The third kappa shape index (κ3) is 2.60. The van der Waals surface area contributed by atoms with E-state index in [0.717, 1.165) is 12.8 Å². The van der Waals surface area contributed by atoms with Crippen molar-refractivity contribution in [3.05, 3.63) is 0 Å². The van der Waals surface area contributed by atoms with Gasteiger partial charge in [-0.25, -0.2) is 8.78 Å². The van der Waals surface area contributed by atoms with E-state index < -0.39 is 5.92 Å². The highest BCUT2D eigenvalue weighted by Crippen LogP contribution is 2.38. The molecule has 0 spiro atoms. The van der Waals surface area contributed by atoms with Gasteiger partial charge in [0.05, 0.1) is 6.54 Å². The van der Waals surface area contributed by atoms with Crippen LogP contribution in [0.2, 0.25) is 0 Å². The van der Waals surface area contributed by atoms with Crippen molar-refractivity contribution in [1.82, 2.24) is 5.32 Å². The highest BCUT2D eigenvalue weighted by atomic mass is 19.3. The number of rotatable bonds is 4. The van der Waals surface area contributed by atoms with E-state index in [0.29, 0.717) is 5.92 Å². The maximum atomic E-state index is 12.7. The lowest BCUT2D eigenvalue weighted by atomic mass is 10.1. The van der Waals surface area contributed by atoms with Crippen molar-refractivity contribution in [2.75, 3.05) is 13.6 Å². The van der Waals surface area contributed by atoms with Crippen molar-refractivity contribution < 1.29 is 8.78 Å². The summed E-state index contributed by atoms with van der Waals surface area (Å²) in [6.45, 7) is -0.177. The summed E-state index contributed by atoms with van der Waals surface area (Å²) in [7, 11) is 1.56. The molecule has 0 aromatic heterocycles. The fourth-order valence-corrected chi connectivity index (χ4v) is 1.08. The number of alkyl halides is 2. The summed E-state index contributed by atoms with van der Waals surface area (Å²) in [6, 6.07) is 0. The minimum absolute atomic E-state index is 0.0772. The Hall–Kier alpha value is -0.180. The van der Waals surface area contributed by atoms with Crippen molar-refractivity contribution in [3.63, 3.8) is 0 Å². The van der Waals surface area contributed by atoms with Gasteiger partial charge in [0.2, 0.25) is 0 Å². The van der Waals surface area contributed by atoms with Crippen molar-refractivity contribution in [2.24, 2.45) is 5.92 Å². The maximum absolute atomic E-state index is 12.7. The second-order valence-electron chi connectivity index (χ2n) is 3.03. The standard InChI is InChI=1S/C7H13F2N/c1-10-5-7(8,9)4-6-2-3-6/h6,10H,2-5H2,1H3. The third-order valence-electron chi connectivity index (χ3n) is 1.72. The molecule has 1 aliphatic carbocycles. The quantitative estimate of drug-likeness (QED) is 0.640. The molecule has 1 aliphatic rings. The molecule has 0 unspecified atom stereocenters. The van der Waals surface area contributed by atoms with Crippen LogP contribution in [-0.4, -0.2) is 19.5 Å². The normalized spacial score (nSPS) is 19.5. The van der Waals surface area contributed by atoms with Crippen LogP contribution in [0.4, 0.5) is 8.78 Å². The van der Waals surface area contributed by atoms with Gasteiger partial charge in [0.1, 0.15) is 0 Å². The molecule has 0 bridgehead atoms. The summed E-state index contributed by atoms with van der Waals surface area (Å²) in [4.78, 5) is 0. The number of hydrogen-bond acceptors (Lipinski definition) is 1. The summed E-state index contributed by atoms with van der Waals surface area (Å²) in [5, 5.41) is 2.49. The molecule has 0 heterocycles. The van der Waals surface area contributed by atoms with E-state index in [1.165, 1.54) is 0 Å². The minimum atomic E-state index is -2.48. The van der Waals surface area contributed by atoms with Gasteiger partial charge in [-0.15, -0.1) is 0 Å². The molecule has 0 radical (unpaired) electrons. The lowest BCUT2D eigenvalue weighted by Crippen LogP contribution is -2.30. The molecule has 1 N–H and O–H groups in total. The minimum Gasteiger partial charge on any atom is -0.314 e. The van der Waals surface area contributed by atoms with Crippen molar-refractivity contribution >= 4 is 0 Å². The molecule has 1 saturated carbocycles. The summed E-state index contributed by atoms with van der Waals surface area (Å²) in [5.41, 5.74) is 0. The smallest absolute Gasteiger partial charge is 0.260 e. The first-order chi connectivity index (χ1) is 4.64. The third-order valence-corrected chi connectivity index (χ3v) is 1.72. The molecule has 0 saturated heterocycles. The fourth-order valence-electron chi connectivity index (χ4n) is 1.08. The molecule has 0 amide bonds. The lowest BCUT2D eigenvalue weighted by molar-refractivity contribution is -0.00994. The van der Waals surface area contributed by atoms with Gasteiger partial charge >= 0.3 is 0 Å². The molecule has 3 heteroatoms. The molecule has 0 aromatic carbocycles. The second-order valence-corrected chi connectivity index (χ2v) is 3.03. The number of hydrogen-bond donors (Lipinski definition) is 1. The molecule has 1 rings (SSSR count). The molecule has 0 aliphatic heterocycles. The van der Waals surface area contributed by atoms with E-state index in [1.807, 2.05) is 0 Å². The number of halogens is 2. The van der Waals surface area contributed by atoms with Crippen LogP contribution in [0.15, 0.2) is 0 Å². The first kappa shape index (κ1) is 7.92. The molecule has 0 aromatic rings. The Kier molecular flexibility index (Phi) is 2.24. The first-order valence-corrected chi connectivity index (χ1v) is 3.66. The average molecular weight is 149 g/mol. The van der Waals surface area contributed by atoms with Gasteiger partial charge in [-0.05, 0) is 25.8 Å². The summed E-state index contributed by atoms with van der Waals surface area (Å²) in [5.74, 6) is -2.17. The van der Waals surface area contributed by atoms with Crippen molar-refractivity contribution in [2.45, 2.75) is 25.2 Å². The van der Waals surface area contributed by atoms with Crippen LogP contribution in [0.5, 0.6) is 0 Å². The molecule has 1 fully saturated rings. The van der Waals surface area contributed by atoms with Gasteiger partial charge in [0, 0.05) is 6.42 Å². The number of nitrogens with one attached hydrogen (secondary N) is 1. The Morgan fingerprint density at radius 3 is 2.50 bits per heavy atom. The van der Waals surface area contributed by atoms with Crippen LogP contribution < -0.4 is 5.32 Å². The Morgan fingerprint density at radius 1 is 1.50 bits per heavy atom. The predicted molar refractivity (Wildman–Crippen MR) is 36.2 cm³/mol. The molecule has 0 atom stereocenters. The van der Waals surface area contributed by atoms with Gasteiger partial charge in [-0.1, -0.05) is 0 Å². The second kappa shape index (κ2) is 2.82. The Morgan fingerprint density at radius 2 is 2.10 bits per heavy atom. The highest BCUT2D eigenvalue weighted by Gasteiger charge is 2.36. The Bertz CT molecular complexity index is 110. The van der Waals surface area contributed by atoms with Crippen LogP contribution in [0, 0.1) is 5.92 Å². The van der Waals surface area contributed by atoms with Gasteiger partial charge in [0.15, 0.2) is 0 Å². The average Bonchev–Trinajstić information content (AvgIpc) is 2.48. The van der Waals surface area contributed by atoms with E-state index in [1.54, 1.807) is 7.05 Å². The predicted octanol–water partition coefficient (Wildman–Crippen LogP) is 1.64. The van der Waals surface area contributed by atoms with Gasteiger partial charge in [-0.3, -0.25) is 0 Å². The van der Waals surface area contributed by atoms with Crippen LogP contribution >= 0.6 is 0 Å². The molecule has 60 valence electrons. The van der Waals surface area contributed by atoms with Crippen molar-refractivity contribution in [1.29, 1.82) is 0 Å². The topological polar surface area (TPSA) is 12.0 Å². The highest BCUT2D eigenvalue weighted by molar-refractivity contribution is 4.81. The zero-order valence-electron chi connectivity index (χ0n) is 6.16. The first-order valence-electron chi connectivity index (χ1n) is 3.66. The fraction of sp³-hybridized carbons (Fsp3) is 1.00. The molecular weight excluding hydrogens is 136 g/mol. The Labute approximate surface area is 59.8 Å². The maximum Gasteiger partial charge on any atom is 0.260 e. The summed E-state index contributed by atoms with van der Waals surface area (Å²) >= 11 is 0. The van der Waals surface area contributed by atoms with Crippen LogP contribution in [0.25, 0.3) is 0 Å². The molecule has 10 heavy (non-hydrogen) atoms. The van der Waals surface area contributed by atoms with E-state index in [-0.39, 0.29) is 13.0 Å². The van der Waals surface area contributed by atoms with E-state index in [4.69, 9.17) is 0 Å². The van der Waals surface area contributed by atoms with E-state index in [2.05, 4.69) is 5.32 Å². The monoisotopic (exact) mass is 149 g/mol. The largest absolute Gasteiger partial charge is 0.314 e. The lowest BCUT2D eigenvalue weighted by Gasteiger charge is -2.14. The summed E-state index contributed by atoms with van der Waals surface area (Å²) < 4.78 is 25.3.